The van der Waals surface area contributed by atoms with Crippen molar-refractivity contribution < 1.29 is 29.1 Å². The number of carbonyl (C=O) groups is 5. The number of guanidine groups is 2. The van der Waals surface area contributed by atoms with Gasteiger partial charge in [0.05, 0.1) is 0 Å². The summed E-state index contributed by atoms with van der Waals surface area (Å²) in [5.74, 6) is -3.44. The molecule has 1 saturated heterocycles. The Morgan fingerprint density at radius 2 is 1.19 bits per heavy atom. The molecule has 3 aromatic rings. The zero-order chi connectivity index (χ0) is 42.9. The van der Waals surface area contributed by atoms with E-state index in [1.54, 1.807) is 19.1 Å². The van der Waals surface area contributed by atoms with Crippen LogP contribution in [0.2, 0.25) is 0 Å². The molecule has 13 N–H and O–H groups in total. The third-order valence-corrected chi connectivity index (χ3v) is 10.4. The molecule has 1 aliphatic heterocycles. The van der Waals surface area contributed by atoms with Crippen molar-refractivity contribution in [2.24, 2.45) is 32.9 Å². The topological polar surface area (TPSA) is 286 Å². The molecule has 1 fully saturated rings. The van der Waals surface area contributed by atoms with Crippen molar-refractivity contribution in [2.75, 3.05) is 25.4 Å². The van der Waals surface area contributed by atoms with Crippen LogP contribution in [0.25, 0.3) is 10.8 Å². The Morgan fingerprint density at radius 1 is 0.644 bits per heavy atom. The molecule has 0 bridgehead atoms. The van der Waals surface area contributed by atoms with E-state index in [1.165, 1.54) is 17.0 Å². The number of thiol groups is 1. The highest BCUT2D eigenvalue weighted by Crippen LogP contribution is 2.19. The molecule has 0 unspecified atom stereocenters. The van der Waals surface area contributed by atoms with Crippen LogP contribution in [0.5, 0.6) is 5.75 Å². The van der Waals surface area contributed by atoms with Gasteiger partial charge in [0, 0.05) is 38.2 Å². The number of aromatic hydroxyl groups is 1. The van der Waals surface area contributed by atoms with Crippen molar-refractivity contribution in [3.63, 3.8) is 0 Å². The van der Waals surface area contributed by atoms with Gasteiger partial charge < -0.3 is 54.2 Å². The average molecular weight is 832 g/mol. The summed E-state index contributed by atoms with van der Waals surface area (Å²) < 4.78 is 0. The highest BCUT2D eigenvalue weighted by Gasteiger charge is 2.36. The van der Waals surface area contributed by atoms with Crippen molar-refractivity contribution in [1.82, 2.24) is 26.2 Å². The number of hydrogen-bond acceptors (Lipinski definition) is 9. The fourth-order valence-corrected chi connectivity index (χ4v) is 7.00. The van der Waals surface area contributed by atoms with Crippen LogP contribution >= 0.6 is 12.6 Å². The van der Waals surface area contributed by atoms with Crippen LogP contribution in [0.1, 0.15) is 56.6 Å². The lowest BCUT2D eigenvalue weighted by atomic mass is 10.00. The average Bonchev–Trinajstić information content (AvgIpc) is 3.21. The van der Waals surface area contributed by atoms with Gasteiger partial charge in [-0.1, -0.05) is 67.4 Å². The van der Waals surface area contributed by atoms with Crippen molar-refractivity contribution in [3.8, 4) is 5.75 Å². The quantitative estimate of drug-likeness (QED) is 0.0408. The number of phenols is 1. The molecule has 5 atom stereocenters. The summed E-state index contributed by atoms with van der Waals surface area (Å²) in [5.41, 5.74) is 23.3. The van der Waals surface area contributed by atoms with E-state index in [9.17, 15) is 29.1 Å². The van der Waals surface area contributed by atoms with Gasteiger partial charge in [0.1, 0.15) is 36.0 Å². The van der Waals surface area contributed by atoms with Gasteiger partial charge >= 0.3 is 0 Å². The lowest BCUT2D eigenvalue weighted by molar-refractivity contribution is -0.143. The largest absolute Gasteiger partial charge is 0.508 e. The first-order chi connectivity index (χ1) is 28.2. The van der Waals surface area contributed by atoms with Gasteiger partial charge in [-0.05, 0) is 66.6 Å². The van der Waals surface area contributed by atoms with Crippen LogP contribution in [-0.2, 0) is 36.8 Å². The third-order valence-electron chi connectivity index (χ3n) is 10.0. The van der Waals surface area contributed by atoms with Gasteiger partial charge in [0.15, 0.2) is 11.9 Å². The predicted octanol–water partition coefficient (Wildman–Crippen LogP) is 0.318. The molecule has 0 radical (unpaired) electrons. The Kier molecular flexibility index (Phi) is 17.6. The molecule has 0 aromatic heterocycles. The molecule has 17 nitrogen and oxygen atoms in total. The number of amides is 5. The Morgan fingerprint density at radius 3 is 1.86 bits per heavy atom. The second-order valence-corrected chi connectivity index (χ2v) is 14.9. The third kappa shape index (κ3) is 14.4. The first-order valence-electron chi connectivity index (χ1n) is 19.7. The number of aliphatic imine (C=N–C) groups is 2. The van der Waals surface area contributed by atoms with E-state index in [1.807, 2.05) is 42.5 Å². The number of carbonyl (C=O) groups excluding carboxylic acids is 5. The van der Waals surface area contributed by atoms with E-state index in [0.29, 0.717) is 37.8 Å². The summed E-state index contributed by atoms with van der Waals surface area (Å²) in [6.45, 7) is 2.31. The minimum atomic E-state index is -1.21. The second-order valence-electron chi connectivity index (χ2n) is 14.6. The van der Waals surface area contributed by atoms with E-state index >= 15 is 0 Å². The van der Waals surface area contributed by atoms with Gasteiger partial charge in [-0.15, -0.1) is 0 Å². The number of nitrogens with one attached hydrogen (secondary N) is 4. The molecular weight excluding hydrogens is 775 g/mol. The smallest absolute Gasteiger partial charge is 0.246 e. The number of rotatable bonds is 16. The Bertz CT molecular complexity index is 1970. The number of hydrogen-bond donors (Lipinski definition) is 10. The first kappa shape index (κ1) is 45.7. The predicted molar refractivity (Wildman–Crippen MR) is 231 cm³/mol. The van der Waals surface area contributed by atoms with Gasteiger partial charge in [-0.3, -0.25) is 34.0 Å². The van der Waals surface area contributed by atoms with Crippen LogP contribution in [0.15, 0.2) is 76.7 Å². The number of unbranched alkanes of at least 4 members (excludes halogenated alkanes) is 3. The summed E-state index contributed by atoms with van der Waals surface area (Å²) in [6.07, 6.45) is 3.07. The maximum Gasteiger partial charge on any atom is 0.246 e. The number of benzene rings is 3. The summed E-state index contributed by atoms with van der Waals surface area (Å²) in [7, 11) is 0. The van der Waals surface area contributed by atoms with E-state index in [-0.39, 0.29) is 55.8 Å². The maximum absolute atomic E-state index is 14.6. The molecule has 1 aliphatic rings. The van der Waals surface area contributed by atoms with Gasteiger partial charge in [0.25, 0.3) is 0 Å². The van der Waals surface area contributed by atoms with Crippen LogP contribution in [0.4, 0.5) is 0 Å². The summed E-state index contributed by atoms with van der Waals surface area (Å²) in [6, 6.07) is 13.7. The standard InChI is InChI=1S/C41H57N11O6S/c1-25-35(54)48-31(11-8-19-47-41(44)45)36(55)49-32(23-27-12-15-28-9-4-5-10-29(28)21-27)37(56)51-34(24-59)38(57)50-33(22-26-13-16-30(53)17-14-26)39(58)52(25)20-7-3-2-6-18-46-40(42)43/h4-5,9-10,12-17,21,25,31-34,53,59H,2-3,6-8,11,18-20,22-24H2,1H3,(H,48,54)(H,49,55)(H,50,57)(H,51,56)(H4,42,43,46)(H4,44,45,47)/t25-,31+,32+,33-,34-/m1/s1. The van der Waals surface area contributed by atoms with E-state index < -0.39 is 59.7 Å². The summed E-state index contributed by atoms with van der Waals surface area (Å²) >= 11 is 4.38. The van der Waals surface area contributed by atoms with E-state index in [0.717, 1.165) is 22.8 Å². The fourth-order valence-electron chi connectivity index (χ4n) is 6.75. The summed E-state index contributed by atoms with van der Waals surface area (Å²) in [4.78, 5) is 80.5. The molecular formula is C41H57N11O6S. The van der Waals surface area contributed by atoms with Crippen LogP contribution < -0.4 is 44.2 Å². The number of nitrogens with zero attached hydrogens (tertiary/aromatic N) is 3. The molecule has 318 valence electrons. The van der Waals surface area contributed by atoms with Crippen LogP contribution in [0.3, 0.4) is 0 Å². The highest BCUT2D eigenvalue weighted by molar-refractivity contribution is 7.80. The van der Waals surface area contributed by atoms with Gasteiger partial charge in [-0.25, -0.2) is 0 Å². The molecule has 0 aliphatic carbocycles. The molecule has 0 saturated carbocycles. The van der Waals surface area contributed by atoms with Gasteiger partial charge in [0.2, 0.25) is 29.5 Å². The molecule has 18 heteroatoms. The van der Waals surface area contributed by atoms with E-state index in [2.05, 4.69) is 43.9 Å². The minimum Gasteiger partial charge on any atom is -0.508 e. The fraction of sp³-hybridized carbons (Fsp3) is 0.439. The normalized spacial score (nSPS) is 20.7. The zero-order valence-corrected chi connectivity index (χ0v) is 34.2. The van der Waals surface area contributed by atoms with Crippen molar-refractivity contribution in [1.29, 1.82) is 0 Å². The molecule has 3 aromatic carbocycles. The van der Waals surface area contributed by atoms with Crippen LogP contribution in [0, 0.1) is 0 Å². The maximum atomic E-state index is 14.6. The first-order valence-corrected chi connectivity index (χ1v) is 20.4. The number of nitrogens with two attached hydrogens (primary N) is 4. The SMILES string of the molecule is C[C@@H]1C(=O)N[C@@H](CCCN=C(N)N)C(=O)N[C@@H](Cc2ccc3ccccc3c2)C(=O)N[C@H](CS)C(=O)N[C@H](Cc2ccc(O)cc2)C(=O)N1CCCCCCN=C(N)N. The van der Waals surface area contributed by atoms with Crippen LogP contribution in [-0.4, -0.2) is 107 Å². The molecule has 59 heavy (non-hydrogen) atoms. The van der Waals surface area contributed by atoms with Crippen molar-refractivity contribution in [3.05, 3.63) is 77.9 Å². The van der Waals surface area contributed by atoms with Gasteiger partial charge in [-0.2, -0.15) is 12.6 Å². The number of phenolic OH excluding ortho intramolecular Hbond substituents is 1. The molecule has 4 rings (SSSR count). The number of fused-ring (bicyclic) bond motifs is 1. The zero-order valence-electron chi connectivity index (χ0n) is 33.3. The van der Waals surface area contributed by atoms with E-state index in [4.69, 9.17) is 22.9 Å². The van der Waals surface area contributed by atoms with Crippen molar-refractivity contribution >= 4 is 64.9 Å². The lowest BCUT2D eigenvalue weighted by Crippen LogP contribution is -2.59. The van der Waals surface area contributed by atoms with Crippen molar-refractivity contribution in [2.45, 2.75) is 88.5 Å². The minimum absolute atomic E-state index is 0.000504. The molecule has 5 amide bonds. The Balaban J connectivity index is 1.72. The Hall–Kier alpha value is -6.04. The monoisotopic (exact) mass is 831 g/mol. The molecule has 0 spiro atoms. The second kappa shape index (κ2) is 22.8. The highest BCUT2D eigenvalue weighted by atomic mass is 32.1. The lowest BCUT2D eigenvalue weighted by Gasteiger charge is -2.33. The molecule has 1 heterocycles. The Labute approximate surface area is 349 Å². The summed E-state index contributed by atoms with van der Waals surface area (Å²) in [5, 5.41) is 23.0.